The van der Waals surface area contributed by atoms with Gasteiger partial charge in [0.15, 0.2) is 0 Å². The average molecular weight is 407 g/mol. The number of aliphatic hydroxyl groups is 1. The summed E-state index contributed by atoms with van der Waals surface area (Å²) in [4.78, 5) is 13.8. The molecular weight excluding hydrogens is 384 g/mol. The number of hydrogen-bond acceptors (Lipinski definition) is 6. The molecule has 0 bridgehead atoms. The van der Waals surface area contributed by atoms with Crippen molar-refractivity contribution in [3.8, 4) is 11.5 Å². The summed E-state index contributed by atoms with van der Waals surface area (Å²) in [6, 6.07) is 7.97. The van der Waals surface area contributed by atoms with Gasteiger partial charge in [-0.05, 0) is 24.6 Å². The van der Waals surface area contributed by atoms with Crippen LogP contribution in [0.4, 0.5) is 8.78 Å². The summed E-state index contributed by atoms with van der Waals surface area (Å²) in [5.74, 6) is -1.23. The number of piperidine rings is 1. The first kappa shape index (κ1) is 21.0. The van der Waals surface area contributed by atoms with Crippen molar-refractivity contribution in [1.82, 2.24) is 4.90 Å². The number of rotatable bonds is 6. The van der Waals surface area contributed by atoms with E-state index >= 15 is 0 Å². The molecule has 0 amide bonds. The first-order valence-electron chi connectivity index (χ1n) is 9.18. The van der Waals surface area contributed by atoms with E-state index in [-0.39, 0.29) is 5.75 Å². The van der Waals surface area contributed by atoms with Crippen LogP contribution in [0.2, 0.25) is 0 Å². The number of nitrogens with zero attached hydrogens (tertiary/aromatic N) is 1. The van der Waals surface area contributed by atoms with Gasteiger partial charge in [-0.2, -0.15) is 0 Å². The maximum atomic E-state index is 13.3. The molecule has 8 heteroatoms. The fourth-order valence-electron chi connectivity index (χ4n) is 3.42. The molecule has 0 saturated carbocycles. The molecule has 1 aliphatic rings. The molecular formula is C21H23F2NO5. The van der Waals surface area contributed by atoms with Crippen molar-refractivity contribution in [2.45, 2.75) is 25.2 Å². The van der Waals surface area contributed by atoms with Gasteiger partial charge in [0.2, 0.25) is 0 Å². The van der Waals surface area contributed by atoms with Gasteiger partial charge in [-0.3, -0.25) is 4.90 Å². The summed E-state index contributed by atoms with van der Waals surface area (Å²) in [7, 11) is 2.86. The van der Waals surface area contributed by atoms with E-state index in [1.165, 1.54) is 7.11 Å². The molecule has 0 aromatic heterocycles. The predicted molar refractivity (Wildman–Crippen MR) is 101 cm³/mol. The molecule has 0 radical (unpaired) electrons. The minimum atomic E-state index is -0.843. The highest BCUT2D eigenvalue weighted by atomic mass is 19.1. The molecule has 3 rings (SSSR count). The second-order valence-electron chi connectivity index (χ2n) is 6.87. The highest BCUT2D eigenvalue weighted by molar-refractivity contribution is 5.89. The Morgan fingerprint density at radius 1 is 1.17 bits per heavy atom. The fourth-order valence-corrected chi connectivity index (χ4v) is 3.42. The number of methoxy groups -OCH3 is 2. The Labute approximate surface area is 167 Å². The van der Waals surface area contributed by atoms with Crippen LogP contribution in [0.5, 0.6) is 11.5 Å². The zero-order chi connectivity index (χ0) is 21.0. The summed E-state index contributed by atoms with van der Waals surface area (Å²) < 4.78 is 42.4. The largest absolute Gasteiger partial charge is 0.496 e. The van der Waals surface area contributed by atoms with Gasteiger partial charge in [0.1, 0.15) is 35.3 Å². The minimum absolute atomic E-state index is 0.0486. The summed E-state index contributed by atoms with van der Waals surface area (Å²) in [6.07, 6.45) is -0.946. The number of aliphatic hydroxyl groups excluding tert-OH is 1. The maximum Gasteiger partial charge on any atom is 0.337 e. The van der Waals surface area contributed by atoms with Gasteiger partial charge in [0.25, 0.3) is 0 Å². The smallest absolute Gasteiger partial charge is 0.337 e. The molecule has 2 atom stereocenters. The molecule has 1 heterocycles. The molecule has 2 aromatic rings. The summed E-state index contributed by atoms with van der Waals surface area (Å²) >= 11 is 0. The monoisotopic (exact) mass is 407 g/mol. The third-order valence-electron chi connectivity index (χ3n) is 4.82. The first-order chi connectivity index (χ1) is 13.9. The van der Waals surface area contributed by atoms with Gasteiger partial charge < -0.3 is 19.3 Å². The SMILES string of the molecule is COC(=O)c1ccc(OC)c(CN2CC[C@@H](Oc3cc(F)cc(F)c3)[C@H](O)C2)c1. The number of β-amino-alcohol motifs (C(OH)–C–C–N with tert-alkyl or cyclic N) is 1. The van der Waals surface area contributed by atoms with Crippen LogP contribution >= 0.6 is 0 Å². The van der Waals surface area contributed by atoms with E-state index in [0.29, 0.717) is 37.4 Å². The molecule has 1 saturated heterocycles. The summed E-state index contributed by atoms with van der Waals surface area (Å²) in [5, 5.41) is 10.5. The van der Waals surface area contributed by atoms with Gasteiger partial charge in [-0.1, -0.05) is 0 Å². The van der Waals surface area contributed by atoms with Crippen molar-refractivity contribution < 1.29 is 32.9 Å². The lowest BCUT2D eigenvalue weighted by Gasteiger charge is -2.36. The first-order valence-corrected chi connectivity index (χ1v) is 9.18. The summed E-state index contributed by atoms with van der Waals surface area (Å²) in [6.45, 7) is 1.34. The molecule has 1 aliphatic heterocycles. The number of benzene rings is 2. The third-order valence-corrected chi connectivity index (χ3v) is 4.82. The van der Waals surface area contributed by atoms with Crippen LogP contribution in [0, 0.1) is 11.6 Å². The Morgan fingerprint density at radius 3 is 2.52 bits per heavy atom. The van der Waals surface area contributed by atoms with Crippen molar-refractivity contribution >= 4 is 5.97 Å². The highest BCUT2D eigenvalue weighted by Crippen LogP contribution is 2.26. The van der Waals surface area contributed by atoms with Crippen LogP contribution in [0.25, 0.3) is 0 Å². The number of ether oxygens (including phenoxy) is 3. The van der Waals surface area contributed by atoms with Gasteiger partial charge in [-0.25, -0.2) is 13.6 Å². The molecule has 1 N–H and O–H groups in total. The Bertz CT molecular complexity index is 856. The van der Waals surface area contributed by atoms with E-state index in [1.54, 1.807) is 25.3 Å². The molecule has 2 aromatic carbocycles. The molecule has 0 aliphatic carbocycles. The molecule has 0 unspecified atom stereocenters. The van der Waals surface area contributed by atoms with Crippen molar-refractivity contribution in [3.63, 3.8) is 0 Å². The van der Waals surface area contributed by atoms with Gasteiger partial charge in [0.05, 0.1) is 19.8 Å². The lowest BCUT2D eigenvalue weighted by Crippen LogP contribution is -2.48. The van der Waals surface area contributed by atoms with Crippen LogP contribution in [0.15, 0.2) is 36.4 Å². The van der Waals surface area contributed by atoms with Crippen LogP contribution in [-0.4, -0.2) is 55.5 Å². The fraction of sp³-hybridized carbons (Fsp3) is 0.381. The predicted octanol–water partition coefficient (Wildman–Crippen LogP) is 2.77. The standard InChI is InChI=1S/C21H23F2NO5/c1-27-19-4-3-13(21(26)28-2)7-14(19)11-24-6-5-20(18(25)12-24)29-17-9-15(22)8-16(23)10-17/h3-4,7-10,18,20,25H,5-6,11-12H2,1-2H3/t18-,20-/m1/s1. The van der Waals surface area contributed by atoms with E-state index in [4.69, 9.17) is 14.2 Å². The zero-order valence-corrected chi connectivity index (χ0v) is 16.2. The molecule has 0 spiro atoms. The number of carbonyl (C=O) groups excluding carboxylic acids is 1. The van der Waals surface area contributed by atoms with E-state index in [1.807, 2.05) is 4.90 Å². The van der Waals surface area contributed by atoms with E-state index in [2.05, 4.69) is 0 Å². The zero-order valence-electron chi connectivity index (χ0n) is 16.2. The number of halogens is 2. The Kier molecular flexibility index (Phi) is 6.66. The normalized spacial score (nSPS) is 19.6. The lowest BCUT2D eigenvalue weighted by atomic mass is 10.0. The van der Waals surface area contributed by atoms with Crippen molar-refractivity contribution in [2.75, 3.05) is 27.3 Å². The highest BCUT2D eigenvalue weighted by Gasteiger charge is 2.30. The van der Waals surface area contributed by atoms with Crippen LogP contribution in [-0.2, 0) is 11.3 Å². The molecule has 29 heavy (non-hydrogen) atoms. The van der Waals surface area contributed by atoms with Crippen molar-refractivity contribution in [3.05, 3.63) is 59.2 Å². The quantitative estimate of drug-likeness (QED) is 0.743. The second kappa shape index (κ2) is 9.19. The van der Waals surface area contributed by atoms with Gasteiger partial charge >= 0.3 is 5.97 Å². The maximum absolute atomic E-state index is 13.3. The number of likely N-dealkylation sites (tertiary alicyclic amines) is 1. The van der Waals surface area contributed by atoms with Gasteiger partial charge in [-0.15, -0.1) is 0 Å². The summed E-state index contributed by atoms with van der Waals surface area (Å²) in [5.41, 5.74) is 1.20. The third kappa shape index (κ3) is 5.21. The Morgan fingerprint density at radius 2 is 1.90 bits per heavy atom. The second-order valence-corrected chi connectivity index (χ2v) is 6.87. The van der Waals surface area contributed by atoms with Crippen LogP contribution in [0.3, 0.4) is 0 Å². The van der Waals surface area contributed by atoms with E-state index in [0.717, 1.165) is 23.8 Å². The topological polar surface area (TPSA) is 68.2 Å². The average Bonchev–Trinajstić information content (AvgIpc) is 2.68. The minimum Gasteiger partial charge on any atom is -0.496 e. The molecule has 156 valence electrons. The van der Waals surface area contributed by atoms with Gasteiger partial charge in [0, 0.05) is 43.4 Å². The van der Waals surface area contributed by atoms with Crippen molar-refractivity contribution in [2.24, 2.45) is 0 Å². The van der Waals surface area contributed by atoms with Crippen molar-refractivity contribution in [1.29, 1.82) is 0 Å². The molecule has 6 nitrogen and oxygen atoms in total. The number of carbonyl (C=O) groups is 1. The Balaban J connectivity index is 1.66. The van der Waals surface area contributed by atoms with E-state index < -0.39 is 29.8 Å². The van der Waals surface area contributed by atoms with Crippen LogP contribution < -0.4 is 9.47 Å². The number of hydrogen-bond donors (Lipinski definition) is 1. The lowest BCUT2D eigenvalue weighted by molar-refractivity contribution is -0.0278. The van der Waals surface area contributed by atoms with Crippen LogP contribution in [0.1, 0.15) is 22.3 Å². The number of esters is 1. The Hall–Kier alpha value is -2.71. The van der Waals surface area contributed by atoms with E-state index in [9.17, 15) is 18.7 Å². The molecule has 1 fully saturated rings.